The van der Waals surface area contributed by atoms with Crippen LogP contribution in [0.15, 0.2) is 29.2 Å². The van der Waals surface area contributed by atoms with Crippen molar-refractivity contribution in [3.63, 3.8) is 0 Å². The first kappa shape index (κ1) is 16.5. The van der Waals surface area contributed by atoms with E-state index in [1.165, 1.54) is 24.3 Å². The van der Waals surface area contributed by atoms with E-state index in [0.717, 1.165) is 12.7 Å². The molecule has 1 amide bonds. The van der Waals surface area contributed by atoms with Crippen molar-refractivity contribution < 1.29 is 17.9 Å². The third kappa shape index (κ3) is 5.18. The second-order valence-electron chi connectivity index (χ2n) is 4.49. The standard InChI is InChI=1S/C13H20N2O4S/c1-15(9-3-8-14)13(16)10-19-11-4-6-12(7-5-11)20(2,17)18/h4-7H,3,8-10,14H2,1-2H3. The lowest BCUT2D eigenvalue weighted by molar-refractivity contribution is -0.132. The minimum Gasteiger partial charge on any atom is -0.484 e. The molecule has 0 aliphatic rings. The topological polar surface area (TPSA) is 89.7 Å². The highest BCUT2D eigenvalue weighted by atomic mass is 32.2. The van der Waals surface area contributed by atoms with Crippen molar-refractivity contribution in [2.75, 3.05) is 33.0 Å². The summed E-state index contributed by atoms with van der Waals surface area (Å²) in [7, 11) is -1.53. The van der Waals surface area contributed by atoms with Gasteiger partial charge in [0.25, 0.3) is 5.91 Å². The maximum absolute atomic E-state index is 11.7. The number of sulfone groups is 1. The number of carbonyl (C=O) groups excluding carboxylic acids is 1. The first-order chi connectivity index (χ1) is 9.34. The number of nitrogens with two attached hydrogens (primary N) is 1. The van der Waals surface area contributed by atoms with Gasteiger partial charge in [-0.05, 0) is 37.2 Å². The summed E-state index contributed by atoms with van der Waals surface area (Å²) in [5, 5.41) is 0. The first-order valence-electron chi connectivity index (χ1n) is 6.21. The second-order valence-corrected chi connectivity index (χ2v) is 6.51. The monoisotopic (exact) mass is 300 g/mol. The molecule has 0 bridgehead atoms. The number of benzene rings is 1. The molecule has 0 aliphatic heterocycles. The van der Waals surface area contributed by atoms with Crippen LogP contribution >= 0.6 is 0 Å². The van der Waals surface area contributed by atoms with Crippen molar-refractivity contribution in [1.82, 2.24) is 4.90 Å². The summed E-state index contributed by atoms with van der Waals surface area (Å²) in [6.45, 7) is 1.04. The van der Waals surface area contributed by atoms with Gasteiger partial charge in [0, 0.05) is 19.8 Å². The number of carbonyl (C=O) groups is 1. The van der Waals surface area contributed by atoms with E-state index in [1.807, 2.05) is 0 Å². The normalized spacial score (nSPS) is 11.2. The summed E-state index contributed by atoms with van der Waals surface area (Å²) in [5.41, 5.74) is 5.37. The Labute approximate surface area is 119 Å². The van der Waals surface area contributed by atoms with Gasteiger partial charge in [-0.15, -0.1) is 0 Å². The van der Waals surface area contributed by atoms with E-state index in [0.29, 0.717) is 18.8 Å². The van der Waals surface area contributed by atoms with Crippen LogP contribution in [-0.2, 0) is 14.6 Å². The molecule has 1 rings (SSSR count). The zero-order valence-electron chi connectivity index (χ0n) is 11.7. The van der Waals surface area contributed by atoms with E-state index in [9.17, 15) is 13.2 Å². The average Bonchev–Trinajstić information content (AvgIpc) is 2.41. The Bertz CT molecular complexity index is 540. The molecule has 0 saturated heterocycles. The van der Waals surface area contributed by atoms with E-state index in [1.54, 1.807) is 11.9 Å². The van der Waals surface area contributed by atoms with Gasteiger partial charge in [0.05, 0.1) is 4.90 Å². The van der Waals surface area contributed by atoms with Crippen LogP contribution in [0.1, 0.15) is 6.42 Å². The van der Waals surface area contributed by atoms with Gasteiger partial charge in [0.1, 0.15) is 5.75 Å². The summed E-state index contributed by atoms with van der Waals surface area (Å²) in [6.07, 6.45) is 1.88. The summed E-state index contributed by atoms with van der Waals surface area (Å²) >= 11 is 0. The van der Waals surface area contributed by atoms with Crippen molar-refractivity contribution in [3.05, 3.63) is 24.3 Å². The van der Waals surface area contributed by atoms with Gasteiger partial charge >= 0.3 is 0 Å². The molecule has 0 fully saturated rings. The Morgan fingerprint density at radius 2 is 1.90 bits per heavy atom. The maximum atomic E-state index is 11.7. The molecule has 0 radical (unpaired) electrons. The van der Waals surface area contributed by atoms with Gasteiger partial charge in [-0.2, -0.15) is 0 Å². The van der Waals surface area contributed by atoms with Gasteiger partial charge in [-0.3, -0.25) is 4.79 Å². The number of rotatable bonds is 7. The SMILES string of the molecule is CN(CCCN)C(=O)COc1ccc(S(C)(=O)=O)cc1. The van der Waals surface area contributed by atoms with Gasteiger partial charge in [-0.25, -0.2) is 8.42 Å². The molecule has 1 aromatic carbocycles. The van der Waals surface area contributed by atoms with Crippen molar-refractivity contribution in [2.45, 2.75) is 11.3 Å². The molecule has 0 atom stereocenters. The molecule has 0 spiro atoms. The Morgan fingerprint density at radius 1 is 1.30 bits per heavy atom. The summed E-state index contributed by atoms with van der Waals surface area (Å²) in [5.74, 6) is 0.309. The van der Waals surface area contributed by atoms with E-state index in [4.69, 9.17) is 10.5 Å². The van der Waals surface area contributed by atoms with E-state index in [2.05, 4.69) is 0 Å². The van der Waals surface area contributed by atoms with Crippen LogP contribution in [-0.4, -0.2) is 52.2 Å². The highest BCUT2D eigenvalue weighted by molar-refractivity contribution is 7.90. The zero-order chi connectivity index (χ0) is 15.2. The second kappa shape index (κ2) is 7.25. The molecule has 7 heteroatoms. The largest absolute Gasteiger partial charge is 0.484 e. The van der Waals surface area contributed by atoms with Gasteiger partial charge in [0.2, 0.25) is 0 Å². The Hall–Kier alpha value is -1.60. The molecule has 6 nitrogen and oxygen atoms in total. The van der Waals surface area contributed by atoms with E-state index in [-0.39, 0.29) is 17.4 Å². The molecule has 0 saturated carbocycles. The Kier molecular flexibility index (Phi) is 5.97. The average molecular weight is 300 g/mol. The number of likely N-dealkylation sites (N-methyl/N-ethyl adjacent to an activating group) is 1. The first-order valence-corrected chi connectivity index (χ1v) is 8.10. The number of hydrogen-bond donors (Lipinski definition) is 1. The molecular weight excluding hydrogens is 280 g/mol. The van der Waals surface area contributed by atoms with Crippen molar-refractivity contribution >= 4 is 15.7 Å². The van der Waals surface area contributed by atoms with Crippen LogP contribution in [0.4, 0.5) is 0 Å². The smallest absolute Gasteiger partial charge is 0.260 e. The van der Waals surface area contributed by atoms with Gasteiger partial charge in [0.15, 0.2) is 16.4 Å². The van der Waals surface area contributed by atoms with Gasteiger partial charge in [-0.1, -0.05) is 0 Å². The Morgan fingerprint density at radius 3 is 2.40 bits per heavy atom. The van der Waals surface area contributed by atoms with E-state index >= 15 is 0 Å². The molecule has 1 aromatic rings. The van der Waals surface area contributed by atoms with Crippen LogP contribution in [0, 0.1) is 0 Å². The van der Waals surface area contributed by atoms with Crippen molar-refractivity contribution in [2.24, 2.45) is 5.73 Å². The third-order valence-corrected chi connectivity index (χ3v) is 3.87. The fourth-order valence-electron chi connectivity index (χ4n) is 1.49. The molecule has 20 heavy (non-hydrogen) atoms. The van der Waals surface area contributed by atoms with Crippen LogP contribution in [0.2, 0.25) is 0 Å². The number of hydrogen-bond acceptors (Lipinski definition) is 5. The van der Waals surface area contributed by atoms with Crippen LogP contribution in [0.3, 0.4) is 0 Å². The fourth-order valence-corrected chi connectivity index (χ4v) is 2.12. The summed E-state index contributed by atoms with van der Waals surface area (Å²) in [4.78, 5) is 13.5. The predicted octanol–water partition coefficient (Wildman–Crippen LogP) is 0.276. The van der Waals surface area contributed by atoms with Gasteiger partial charge < -0.3 is 15.4 Å². The number of ether oxygens (including phenoxy) is 1. The highest BCUT2D eigenvalue weighted by Crippen LogP contribution is 2.15. The molecule has 0 aliphatic carbocycles. The molecule has 0 aromatic heterocycles. The summed E-state index contributed by atoms with van der Waals surface area (Å²) in [6, 6.07) is 5.97. The predicted molar refractivity (Wildman–Crippen MR) is 76.4 cm³/mol. The van der Waals surface area contributed by atoms with Crippen molar-refractivity contribution in [3.8, 4) is 5.75 Å². The van der Waals surface area contributed by atoms with Crippen LogP contribution in [0.25, 0.3) is 0 Å². The quantitative estimate of drug-likeness (QED) is 0.781. The molecule has 112 valence electrons. The van der Waals surface area contributed by atoms with Crippen molar-refractivity contribution in [1.29, 1.82) is 0 Å². The molecular formula is C13H20N2O4S. The number of nitrogens with zero attached hydrogens (tertiary/aromatic N) is 1. The maximum Gasteiger partial charge on any atom is 0.260 e. The zero-order valence-corrected chi connectivity index (χ0v) is 12.5. The lowest BCUT2D eigenvalue weighted by atomic mass is 10.3. The lowest BCUT2D eigenvalue weighted by Crippen LogP contribution is -2.33. The Balaban J connectivity index is 2.52. The third-order valence-electron chi connectivity index (χ3n) is 2.74. The molecule has 0 unspecified atom stereocenters. The lowest BCUT2D eigenvalue weighted by Gasteiger charge is -2.16. The fraction of sp³-hybridized carbons (Fsp3) is 0.462. The van der Waals surface area contributed by atoms with Crippen LogP contribution in [0.5, 0.6) is 5.75 Å². The molecule has 2 N–H and O–H groups in total. The molecule has 0 heterocycles. The summed E-state index contributed by atoms with van der Waals surface area (Å²) < 4.78 is 27.9. The minimum absolute atomic E-state index is 0.0840. The van der Waals surface area contributed by atoms with Crippen LogP contribution < -0.4 is 10.5 Å². The van der Waals surface area contributed by atoms with E-state index < -0.39 is 9.84 Å². The highest BCUT2D eigenvalue weighted by Gasteiger charge is 2.10. The number of amides is 1. The minimum atomic E-state index is -3.22.